The number of imidazole rings is 1. The lowest BCUT2D eigenvalue weighted by Gasteiger charge is -2.11. The van der Waals surface area contributed by atoms with Gasteiger partial charge in [-0.3, -0.25) is 4.57 Å². The maximum absolute atomic E-state index is 13.8. The predicted octanol–water partition coefficient (Wildman–Crippen LogP) is 1.18. The molecule has 1 atom stereocenters. The van der Waals surface area contributed by atoms with E-state index in [0.29, 0.717) is 18.4 Å². The number of sulfone groups is 1. The van der Waals surface area contributed by atoms with E-state index in [-0.39, 0.29) is 11.3 Å². The van der Waals surface area contributed by atoms with Crippen LogP contribution in [-0.4, -0.2) is 23.7 Å². The minimum Gasteiger partial charge on any atom is -0.305 e. The van der Waals surface area contributed by atoms with Crippen LogP contribution in [-0.2, 0) is 9.84 Å². The third-order valence-corrected chi connectivity index (χ3v) is 5.40. The SMILES string of the molecule is O=c1[nH]c2cccc(F)c2n1C1CCCS1(=O)=O. The van der Waals surface area contributed by atoms with E-state index in [1.165, 1.54) is 12.1 Å². The molecule has 0 spiro atoms. The predicted molar refractivity (Wildman–Crippen MR) is 64.6 cm³/mol. The van der Waals surface area contributed by atoms with Crippen molar-refractivity contribution in [3.05, 3.63) is 34.5 Å². The summed E-state index contributed by atoms with van der Waals surface area (Å²) >= 11 is 0. The molecule has 0 bridgehead atoms. The topological polar surface area (TPSA) is 71.9 Å². The fourth-order valence-electron chi connectivity index (χ4n) is 2.48. The van der Waals surface area contributed by atoms with Crippen molar-refractivity contribution in [2.45, 2.75) is 18.2 Å². The minimum absolute atomic E-state index is 0.0398. The second-order valence-electron chi connectivity index (χ2n) is 4.40. The lowest BCUT2D eigenvalue weighted by atomic mass is 10.3. The van der Waals surface area contributed by atoms with Gasteiger partial charge in [-0.25, -0.2) is 17.6 Å². The molecule has 1 saturated heterocycles. The zero-order chi connectivity index (χ0) is 12.9. The Balaban J connectivity index is 2.36. The fourth-order valence-corrected chi connectivity index (χ4v) is 4.37. The Kier molecular flexibility index (Phi) is 2.34. The molecule has 0 aliphatic carbocycles. The van der Waals surface area contributed by atoms with Crippen molar-refractivity contribution < 1.29 is 12.8 Å². The van der Waals surface area contributed by atoms with E-state index in [2.05, 4.69) is 4.98 Å². The Bertz CT molecular complexity index is 775. The number of aromatic amines is 1. The molecule has 96 valence electrons. The van der Waals surface area contributed by atoms with Gasteiger partial charge >= 0.3 is 5.69 Å². The number of benzene rings is 1. The van der Waals surface area contributed by atoms with Crippen molar-refractivity contribution in [2.24, 2.45) is 0 Å². The zero-order valence-corrected chi connectivity index (χ0v) is 10.2. The van der Waals surface area contributed by atoms with Crippen LogP contribution >= 0.6 is 0 Å². The molecule has 2 aromatic rings. The molecule has 1 aromatic heterocycles. The molecule has 1 unspecified atom stereocenters. The molecule has 1 aromatic carbocycles. The van der Waals surface area contributed by atoms with E-state index >= 15 is 0 Å². The summed E-state index contributed by atoms with van der Waals surface area (Å²) in [5.41, 5.74) is -0.217. The molecule has 0 radical (unpaired) electrons. The van der Waals surface area contributed by atoms with Gasteiger partial charge in [0.15, 0.2) is 9.84 Å². The number of H-pyrrole nitrogens is 1. The maximum Gasteiger partial charge on any atom is 0.327 e. The van der Waals surface area contributed by atoms with Crippen molar-refractivity contribution in [1.82, 2.24) is 9.55 Å². The Morgan fingerprint density at radius 3 is 2.83 bits per heavy atom. The first-order chi connectivity index (χ1) is 8.50. The highest BCUT2D eigenvalue weighted by atomic mass is 32.2. The molecule has 1 aliphatic heterocycles. The van der Waals surface area contributed by atoms with Gasteiger partial charge in [-0.05, 0) is 25.0 Å². The minimum atomic E-state index is -3.36. The van der Waals surface area contributed by atoms with Crippen LogP contribution < -0.4 is 5.69 Å². The average molecular weight is 270 g/mol. The normalized spacial score (nSPS) is 22.6. The molecule has 0 saturated carbocycles. The van der Waals surface area contributed by atoms with Crippen molar-refractivity contribution in [2.75, 3.05) is 5.75 Å². The van der Waals surface area contributed by atoms with Gasteiger partial charge < -0.3 is 4.98 Å². The standard InChI is InChI=1S/C11H11FN2O3S/c12-7-3-1-4-8-10(7)14(11(15)13-8)9-5-2-6-18(9,16)17/h1,3-4,9H,2,5-6H2,(H,13,15). The smallest absolute Gasteiger partial charge is 0.305 e. The summed E-state index contributed by atoms with van der Waals surface area (Å²) < 4.78 is 38.6. The molecule has 3 rings (SSSR count). The van der Waals surface area contributed by atoms with Gasteiger partial charge in [0.25, 0.3) is 0 Å². The first-order valence-corrected chi connectivity index (χ1v) is 7.32. The summed E-state index contributed by atoms with van der Waals surface area (Å²) in [4.78, 5) is 14.3. The van der Waals surface area contributed by atoms with E-state index in [1.54, 1.807) is 6.07 Å². The molecule has 0 amide bonds. The molecule has 1 aliphatic rings. The van der Waals surface area contributed by atoms with E-state index in [9.17, 15) is 17.6 Å². The lowest BCUT2D eigenvalue weighted by Crippen LogP contribution is -2.25. The number of halogens is 1. The van der Waals surface area contributed by atoms with Crippen LogP contribution in [0.1, 0.15) is 18.2 Å². The Morgan fingerprint density at radius 1 is 1.39 bits per heavy atom. The Morgan fingerprint density at radius 2 is 2.17 bits per heavy atom. The van der Waals surface area contributed by atoms with E-state index in [4.69, 9.17) is 0 Å². The summed E-state index contributed by atoms with van der Waals surface area (Å²) in [7, 11) is -3.36. The van der Waals surface area contributed by atoms with E-state index in [1.807, 2.05) is 0 Å². The number of para-hydroxylation sites is 1. The second-order valence-corrected chi connectivity index (χ2v) is 6.68. The largest absolute Gasteiger partial charge is 0.327 e. The molecule has 18 heavy (non-hydrogen) atoms. The van der Waals surface area contributed by atoms with Crippen molar-refractivity contribution >= 4 is 20.9 Å². The quantitative estimate of drug-likeness (QED) is 0.845. The van der Waals surface area contributed by atoms with E-state index < -0.39 is 26.7 Å². The number of hydrogen-bond donors (Lipinski definition) is 1. The monoisotopic (exact) mass is 270 g/mol. The average Bonchev–Trinajstić information content (AvgIpc) is 2.78. The summed E-state index contributed by atoms with van der Waals surface area (Å²) in [6.45, 7) is 0. The van der Waals surface area contributed by atoms with Gasteiger partial charge in [-0.2, -0.15) is 0 Å². The van der Waals surface area contributed by atoms with Crippen molar-refractivity contribution in [3.63, 3.8) is 0 Å². The second kappa shape index (κ2) is 3.68. The van der Waals surface area contributed by atoms with Gasteiger partial charge in [0, 0.05) is 0 Å². The molecule has 1 fully saturated rings. The van der Waals surface area contributed by atoms with E-state index in [0.717, 1.165) is 4.57 Å². The first-order valence-electron chi connectivity index (χ1n) is 5.61. The van der Waals surface area contributed by atoms with Crippen molar-refractivity contribution in [3.8, 4) is 0 Å². The molecule has 2 heterocycles. The van der Waals surface area contributed by atoms with Gasteiger partial charge in [0.2, 0.25) is 0 Å². The lowest BCUT2D eigenvalue weighted by molar-refractivity contribution is 0.550. The van der Waals surface area contributed by atoms with Crippen LogP contribution in [0, 0.1) is 5.82 Å². The highest BCUT2D eigenvalue weighted by Crippen LogP contribution is 2.31. The number of nitrogens with zero attached hydrogens (tertiary/aromatic N) is 1. The maximum atomic E-state index is 13.8. The molecule has 7 heteroatoms. The summed E-state index contributed by atoms with van der Waals surface area (Å²) in [5.74, 6) is -0.543. The number of nitrogens with one attached hydrogen (secondary N) is 1. The van der Waals surface area contributed by atoms with Crippen LogP contribution in [0.2, 0.25) is 0 Å². The molecule has 5 nitrogen and oxygen atoms in total. The third-order valence-electron chi connectivity index (χ3n) is 3.27. The summed E-state index contributed by atoms with van der Waals surface area (Å²) in [5, 5.41) is -0.948. The number of hydrogen-bond acceptors (Lipinski definition) is 3. The van der Waals surface area contributed by atoms with Crippen LogP contribution in [0.5, 0.6) is 0 Å². The Hall–Kier alpha value is -1.63. The van der Waals surface area contributed by atoms with Crippen molar-refractivity contribution in [1.29, 1.82) is 0 Å². The summed E-state index contributed by atoms with van der Waals surface area (Å²) in [6.07, 6.45) is 0.851. The van der Waals surface area contributed by atoms with Gasteiger partial charge in [0.05, 0.1) is 11.3 Å². The van der Waals surface area contributed by atoms with Gasteiger partial charge in [-0.15, -0.1) is 0 Å². The number of aromatic nitrogens is 2. The Labute approximate surface area is 102 Å². The molecular weight excluding hydrogens is 259 g/mol. The number of fused-ring (bicyclic) bond motifs is 1. The zero-order valence-electron chi connectivity index (χ0n) is 9.39. The first kappa shape index (κ1) is 11.5. The fraction of sp³-hybridized carbons (Fsp3) is 0.364. The van der Waals surface area contributed by atoms with Gasteiger partial charge in [0.1, 0.15) is 16.7 Å². The molecule has 1 N–H and O–H groups in total. The number of rotatable bonds is 1. The highest BCUT2D eigenvalue weighted by molar-refractivity contribution is 7.91. The third kappa shape index (κ3) is 1.50. The summed E-state index contributed by atoms with van der Waals surface area (Å²) in [6, 6.07) is 4.24. The van der Waals surface area contributed by atoms with Crippen LogP contribution in [0.4, 0.5) is 4.39 Å². The van der Waals surface area contributed by atoms with Crippen LogP contribution in [0.15, 0.2) is 23.0 Å². The highest BCUT2D eigenvalue weighted by Gasteiger charge is 2.35. The molecular formula is C11H11FN2O3S. The van der Waals surface area contributed by atoms with Crippen LogP contribution in [0.3, 0.4) is 0 Å². The van der Waals surface area contributed by atoms with Gasteiger partial charge in [-0.1, -0.05) is 6.07 Å². The van der Waals surface area contributed by atoms with Crippen LogP contribution in [0.25, 0.3) is 11.0 Å².